The van der Waals surface area contributed by atoms with Gasteiger partial charge in [-0.3, -0.25) is 4.79 Å². The number of nitrogens with zero attached hydrogens (tertiary/aromatic N) is 2. The molecule has 6 nitrogen and oxygen atoms in total. The number of methoxy groups -OCH3 is 1. The molecule has 0 atom stereocenters. The van der Waals surface area contributed by atoms with Gasteiger partial charge in [-0.25, -0.2) is 4.79 Å². The summed E-state index contributed by atoms with van der Waals surface area (Å²) in [5.41, 5.74) is 0.119. The average molecular weight is 254 g/mol. The van der Waals surface area contributed by atoms with Crippen molar-refractivity contribution in [2.45, 2.75) is 13.0 Å². The maximum Gasteiger partial charge on any atom is 0.352 e. The van der Waals surface area contributed by atoms with Crippen molar-refractivity contribution in [2.75, 3.05) is 27.3 Å². The number of carboxylic acid groups (broad SMARTS) is 1. The first-order valence-electron chi connectivity index (χ1n) is 5.67. The number of amides is 1. The molecule has 0 bridgehead atoms. The molecule has 1 rings (SSSR count). The Morgan fingerprint density at radius 2 is 2.22 bits per heavy atom. The summed E-state index contributed by atoms with van der Waals surface area (Å²) in [6.45, 7) is 1.23. The zero-order valence-electron chi connectivity index (χ0n) is 10.6. The molecule has 0 aliphatic heterocycles. The van der Waals surface area contributed by atoms with Gasteiger partial charge in [0, 0.05) is 33.5 Å². The molecule has 0 radical (unpaired) electrons. The van der Waals surface area contributed by atoms with Crippen LogP contribution in [-0.2, 0) is 16.1 Å². The van der Waals surface area contributed by atoms with E-state index in [1.54, 1.807) is 31.3 Å². The largest absolute Gasteiger partial charge is 0.477 e. The summed E-state index contributed by atoms with van der Waals surface area (Å²) < 4.78 is 6.34. The highest BCUT2D eigenvalue weighted by atomic mass is 16.5. The molecule has 0 saturated carbocycles. The third-order valence-electron chi connectivity index (χ3n) is 2.62. The number of aromatic nitrogens is 1. The number of likely N-dealkylation sites (N-methyl/N-ethyl adjacent to an activating group) is 1. The number of carbonyl (C=O) groups excluding carboxylic acids is 1. The zero-order chi connectivity index (χ0) is 13.5. The summed E-state index contributed by atoms with van der Waals surface area (Å²) >= 11 is 0. The van der Waals surface area contributed by atoms with Crippen molar-refractivity contribution >= 4 is 11.9 Å². The molecule has 0 spiro atoms. The number of hydrogen-bond donors (Lipinski definition) is 1. The van der Waals surface area contributed by atoms with E-state index in [9.17, 15) is 9.59 Å². The van der Waals surface area contributed by atoms with E-state index in [1.807, 2.05) is 0 Å². The van der Waals surface area contributed by atoms with Crippen molar-refractivity contribution in [1.82, 2.24) is 9.47 Å². The van der Waals surface area contributed by atoms with Crippen LogP contribution in [0.5, 0.6) is 0 Å². The van der Waals surface area contributed by atoms with Crippen LogP contribution >= 0.6 is 0 Å². The Morgan fingerprint density at radius 3 is 2.83 bits per heavy atom. The lowest BCUT2D eigenvalue weighted by molar-refractivity contribution is -0.130. The third-order valence-corrected chi connectivity index (χ3v) is 2.62. The van der Waals surface area contributed by atoms with Crippen molar-refractivity contribution in [3.63, 3.8) is 0 Å². The van der Waals surface area contributed by atoms with E-state index >= 15 is 0 Å². The number of ether oxygens (including phenoxy) is 1. The summed E-state index contributed by atoms with van der Waals surface area (Å²) in [5.74, 6) is -1.15. The van der Waals surface area contributed by atoms with Crippen molar-refractivity contribution in [3.05, 3.63) is 24.0 Å². The minimum Gasteiger partial charge on any atom is -0.477 e. The van der Waals surface area contributed by atoms with Gasteiger partial charge in [-0.05, 0) is 18.6 Å². The summed E-state index contributed by atoms with van der Waals surface area (Å²) in [5, 5.41) is 8.92. The molecule has 1 aromatic rings. The van der Waals surface area contributed by atoms with Crippen molar-refractivity contribution in [1.29, 1.82) is 0 Å². The lowest BCUT2D eigenvalue weighted by Gasteiger charge is -2.17. The first-order valence-corrected chi connectivity index (χ1v) is 5.67. The second-order valence-electron chi connectivity index (χ2n) is 3.99. The molecule has 0 aliphatic carbocycles. The molecule has 1 amide bonds. The number of hydrogen-bond acceptors (Lipinski definition) is 3. The van der Waals surface area contributed by atoms with Gasteiger partial charge in [0.2, 0.25) is 5.91 Å². The molecule has 0 unspecified atom stereocenters. The molecule has 0 aliphatic rings. The Kier molecular flexibility index (Phi) is 5.38. The van der Waals surface area contributed by atoms with E-state index in [4.69, 9.17) is 9.84 Å². The fraction of sp³-hybridized carbons (Fsp3) is 0.500. The first kappa shape index (κ1) is 14.2. The monoisotopic (exact) mass is 254 g/mol. The van der Waals surface area contributed by atoms with Crippen LogP contribution in [0.3, 0.4) is 0 Å². The van der Waals surface area contributed by atoms with Crippen LogP contribution in [0.2, 0.25) is 0 Å². The van der Waals surface area contributed by atoms with E-state index in [2.05, 4.69) is 0 Å². The Bertz CT molecular complexity index is 414. The second-order valence-corrected chi connectivity index (χ2v) is 3.99. The van der Waals surface area contributed by atoms with Crippen LogP contribution in [0.1, 0.15) is 16.9 Å². The molecule has 0 fully saturated rings. The predicted octanol–water partition coefficient (Wildman–Crippen LogP) is 0.681. The Labute approximate surface area is 106 Å². The molecule has 1 aromatic heterocycles. The number of carboxylic acids is 1. The molecule has 0 aromatic carbocycles. The maximum absolute atomic E-state index is 11.9. The number of rotatable bonds is 7. The standard InChI is InChI=1S/C12H18N2O4/c1-13(6-4-8-18-2)11(15)9-14-7-3-5-10(14)12(16)17/h3,5,7H,4,6,8-9H2,1-2H3,(H,16,17). The van der Waals surface area contributed by atoms with E-state index in [-0.39, 0.29) is 18.1 Å². The van der Waals surface area contributed by atoms with Gasteiger partial charge in [0.15, 0.2) is 0 Å². The average Bonchev–Trinajstić information content (AvgIpc) is 2.77. The third kappa shape index (κ3) is 3.89. The molecular weight excluding hydrogens is 236 g/mol. The molecule has 100 valence electrons. The summed E-state index contributed by atoms with van der Waals surface area (Å²) in [6.07, 6.45) is 2.35. The van der Waals surface area contributed by atoms with Crippen LogP contribution in [0, 0.1) is 0 Å². The molecule has 1 N–H and O–H groups in total. The molecule has 18 heavy (non-hydrogen) atoms. The van der Waals surface area contributed by atoms with Gasteiger partial charge < -0.3 is 19.3 Å². The highest BCUT2D eigenvalue weighted by Gasteiger charge is 2.14. The quantitative estimate of drug-likeness (QED) is 0.726. The maximum atomic E-state index is 11.9. The van der Waals surface area contributed by atoms with Crippen LogP contribution in [0.4, 0.5) is 0 Å². The topological polar surface area (TPSA) is 71.8 Å². The van der Waals surface area contributed by atoms with Gasteiger partial charge >= 0.3 is 5.97 Å². The minimum absolute atomic E-state index is 0.0398. The van der Waals surface area contributed by atoms with Gasteiger partial charge in [-0.2, -0.15) is 0 Å². The lowest BCUT2D eigenvalue weighted by atomic mass is 10.4. The lowest BCUT2D eigenvalue weighted by Crippen LogP contribution is -2.32. The molecule has 1 heterocycles. The van der Waals surface area contributed by atoms with Crippen molar-refractivity contribution in [2.24, 2.45) is 0 Å². The number of aromatic carboxylic acids is 1. The van der Waals surface area contributed by atoms with Crippen LogP contribution in [0.15, 0.2) is 18.3 Å². The van der Waals surface area contributed by atoms with Crippen LogP contribution in [-0.4, -0.2) is 53.8 Å². The summed E-state index contributed by atoms with van der Waals surface area (Å²) in [6, 6.07) is 3.09. The minimum atomic E-state index is -1.03. The van der Waals surface area contributed by atoms with Crippen molar-refractivity contribution in [3.8, 4) is 0 Å². The van der Waals surface area contributed by atoms with E-state index in [1.165, 1.54) is 10.6 Å². The Morgan fingerprint density at radius 1 is 1.50 bits per heavy atom. The van der Waals surface area contributed by atoms with Crippen LogP contribution < -0.4 is 0 Å². The molecule has 0 saturated heterocycles. The van der Waals surface area contributed by atoms with Gasteiger partial charge in [0.05, 0.1) is 0 Å². The number of carbonyl (C=O) groups is 2. The van der Waals surface area contributed by atoms with Gasteiger partial charge in [0.25, 0.3) is 0 Å². The molecule has 6 heteroatoms. The van der Waals surface area contributed by atoms with Gasteiger partial charge in [-0.15, -0.1) is 0 Å². The summed E-state index contributed by atoms with van der Waals surface area (Å²) in [4.78, 5) is 24.3. The normalized spacial score (nSPS) is 10.3. The zero-order valence-corrected chi connectivity index (χ0v) is 10.6. The highest BCUT2D eigenvalue weighted by Crippen LogP contribution is 2.03. The Balaban J connectivity index is 2.53. The second kappa shape index (κ2) is 6.80. The van der Waals surface area contributed by atoms with E-state index in [0.29, 0.717) is 13.2 Å². The van der Waals surface area contributed by atoms with E-state index in [0.717, 1.165) is 6.42 Å². The van der Waals surface area contributed by atoms with Crippen molar-refractivity contribution < 1.29 is 19.4 Å². The van der Waals surface area contributed by atoms with E-state index < -0.39 is 5.97 Å². The van der Waals surface area contributed by atoms with Crippen LogP contribution in [0.25, 0.3) is 0 Å². The first-order chi connectivity index (χ1) is 8.56. The summed E-state index contributed by atoms with van der Waals surface area (Å²) in [7, 11) is 3.31. The SMILES string of the molecule is COCCCN(C)C(=O)Cn1cccc1C(=O)O. The predicted molar refractivity (Wildman–Crippen MR) is 65.5 cm³/mol. The van der Waals surface area contributed by atoms with Gasteiger partial charge in [-0.1, -0.05) is 0 Å². The smallest absolute Gasteiger partial charge is 0.352 e. The highest BCUT2D eigenvalue weighted by molar-refractivity contribution is 5.86. The molecular formula is C12H18N2O4. The fourth-order valence-electron chi connectivity index (χ4n) is 1.58. The van der Waals surface area contributed by atoms with Gasteiger partial charge in [0.1, 0.15) is 12.2 Å². The Hall–Kier alpha value is -1.82. The fourth-order valence-corrected chi connectivity index (χ4v) is 1.58.